The van der Waals surface area contributed by atoms with Crippen molar-refractivity contribution < 1.29 is 9.66 Å². The highest BCUT2D eigenvalue weighted by Crippen LogP contribution is 2.33. The molecule has 1 N–H and O–H groups in total. The van der Waals surface area contributed by atoms with Gasteiger partial charge in [0.25, 0.3) is 5.69 Å². The van der Waals surface area contributed by atoms with Gasteiger partial charge in [-0.1, -0.05) is 13.8 Å². The van der Waals surface area contributed by atoms with Crippen molar-refractivity contribution in [3.63, 3.8) is 0 Å². The number of nitrogens with one attached hydrogen (secondary N) is 1. The van der Waals surface area contributed by atoms with Crippen LogP contribution in [0.15, 0.2) is 18.2 Å². The zero-order valence-electron chi connectivity index (χ0n) is 13.0. The molecule has 5 heteroatoms. The average molecular weight is 292 g/mol. The molecule has 1 fully saturated rings. The van der Waals surface area contributed by atoms with Gasteiger partial charge in [-0.3, -0.25) is 10.1 Å². The largest absolute Gasteiger partial charge is 0.490 e. The Bertz CT molecular complexity index is 504. The first kappa shape index (κ1) is 15.8. The van der Waals surface area contributed by atoms with Crippen LogP contribution in [0.4, 0.5) is 5.69 Å². The summed E-state index contributed by atoms with van der Waals surface area (Å²) in [4.78, 5) is 10.5. The molecule has 0 radical (unpaired) electrons. The maximum Gasteiger partial charge on any atom is 0.270 e. The lowest BCUT2D eigenvalue weighted by atomic mass is 9.80. The Kier molecular flexibility index (Phi) is 5.17. The van der Waals surface area contributed by atoms with Crippen molar-refractivity contribution in [1.29, 1.82) is 0 Å². The van der Waals surface area contributed by atoms with Crippen LogP contribution in [0, 0.1) is 22.0 Å². The molecule has 1 aliphatic rings. The van der Waals surface area contributed by atoms with Gasteiger partial charge in [-0.2, -0.15) is 0 Å². The first-order valence-electron chi connectivity index (χ1n) is 7.59. The van der Waals surface area contributed by atoms with E-state index in [0.29, 0.717) is 12.5 Å². The third-order valence-corrected chi connectivity index (χ3v) is 4.47. The van der Waals surface area contributed by atoms with Crippen LogP contribution in [-0.2, 0) is 6.54 Å². The Labute approximate surface area is 125 Å². The van der Waals surface area contributed by atoms with Crippen LogP contribution in [-0.4, -0.2) is 18.1 Å². The zero-order chi connectivity index (χ0) is 15.4. The molecule has 0 spiro atoms. The fourth-order valence-electron chi connectivity index (χ4n) is 2.91. The van der Waals surface area contributed by atoms with Gasteiger partial charge in [0.1, 0.15) is 5.75 Å². The minimum atomic E-state index is -0.368. The molecule has 0 saturated heterocycles. The van der Waals surface area contributed by atoms with E-state index in [2.05, 4.69) is 19.2 Å². The highest BCUT2D eigenvalue weighted by atomic mass is 16.6. The summed E-state index contributed by atoms with van der Waals surface area (Å²) in [6.45, 7) is 5.12. The van der Waals surface area contributed by atoms with Crippen LogP contribution in [0.25, 0.3) is 0 Å². The number of non-ortho nitro benzene ring substituents is 1. The molecule has 1 aliphatic carbocycles. The van der Waals surface area contributed by atoms with E-state index in [9.17, 15) is 10.1 Å². The van der Waals surface area contributed by atoms with Gasteiger partial charge in [-0.25, -0.2) is 0 Å². The quantitative estimate of drug-likeness (QED) is 0.666. The van der Waals surface area contributed by atoms with E-state index in [1.807, 2.05) is 7.05 Å². The molecular weight excluding hydrogens is 268 g/mol. The maximum atomic E-state index is 10.9. The van der Waals surface area contributed by atoms with Gasteiger partial charge in [0, 0.05) is 24.2 Å². The van der Waals surface area contributed by atoms with Crippen LogP contribution in [0.3, 0.4) is 0 Å². The molecule has 0 aliphatic heterocycles. The molecule has 0 bridgehead atoms. The summed E-state index contributed by atoms with van der Waals surface area (Å²) < 4.78 is 6.13. The number of benzene rings is 1. The molecule has 3 atom stereocenters. The van der Waals surface area contributed by atoms with Crippen molar-refractivity contribution >= 4 is 5.69 Å². The van der Waals surface area contributed by atoms with Gasteiger partial charge in [0.2, 0.25) is 0 Å². The second kappa shape index (κ2) is 6.89. The van der Waals surface area contributed by atoms with Crippen molar-refractivity contribution in [2.75, 3.05) is 7.05 Å². The van der Waals surface area contributed by atoms with Gasteiger partial charge in [0.15, 0.2) is 0 Å². The predicted octanol–water partition coefficient (Wildman–Crippen LogP) is 3.52. The minimum Gasteiger partial charge on any atom is -0.490 e. The van der Waals surface area contributed by atoms with Crippen LogP contribution >= 0.6 is 0 Å². The fraction of sp³-hybridized carbons (Fsp3) is 0.625. The van der Waals surface area contributed by atoms with E-state index in [1.54, 1.807) is 12.1 Å². The molecule has 21 heavy (non-hydrogen) atoms. The molecular formula is C16H24N2O3. The Morgan fingerprint density at radius 1 is 1.33 bits per heavy atom. The minimum absolute atomic E-state index is 0.109. The lowest BCUT2D eigenvalue weighted by molar-refractivity contribution is -0.384. The van der Waals surface area contributed by atoms with Crippen LogP contribution in [0.5, 0.6) is 5.75 Å². The van der Waals surface area contributed by atoms with E-state index < -0.39 is 0 Å². The van der Waals surface area contributed by atoms with Crippen LogP contribution in [0.2, 0.25) is 0 Å². The lowest BCUT2D eigenvalue weighted by Gasteiger charge is -2.32. The summed E-state index contributed by atoms with van der Waals surface area (Å²) in [6, 6.07) is 4.84. The molecule has 5 nitrogen and oxygen atoms in total. The van der Waals surface area contributed by atoms with E-state index in [-0.39, 0.29) is 16.7 Å². The summed E-state index contributed by atoms with van der Waals surface area (Å²) in [7, 11) is 1.83. The number of hydrogen-bond acceptors (Lipinski definition) is 4. The van der Waals surface area contributed by atoms with Gasteiger partial charge in [-0.15, -0.1) is 0 Å². The van der Waals surface area contributed by atoms with Crippen molar-refractivity contribution in [2.45, 2.75) is 45.8 Å². The van der Waals surface area contributed by atoms with Crippen molar-refractivity contribution in [2.24, 2.45) is 11.8 Å². The van der Waals surface area contributed by atoms with Crippen LogP contribution in [0.1, 0.15) is 38.7 Å². The Hall–Kier alpha value is -1.62. The SMILES string of the molecule is CNCc1cc([N+](=O)[O-])ccc1OC1CCC(C)C(C)C1. The highest BCUT2D eigenvalue weighted by Gasteiger charge is 2.26. The second-order valence-corrected chi connectivity index (χ2v) is 6.09. The van der Waals surface area contributed by atoms with Gasteiger partial charge >= 0.3 is 0 Å². The van der Waals surface area contributed by atoms with E-state index in [4.69, 9.17) is 4.74 Å². The summed E-state index contributed by atoms with van der Waals surface area (Å²) in [5, 5.41) is 13.9. The first-order valence-corrected chi connectivity index (χ1v) is 7.59. The Morgan fingerprint density at radius 3 is 2.71 bits per heavy atom. The number of nitrogens with zero attached hydrogens (tertiary/aromatic N) is 1. The molecule has 0 heterocycles. The standard InChI is InChI=1S/C16H24N2O3/c1-11-4-6-15(8-12(11)2)21-16-7-5-14(18(19)20)9-13(16)10-17-3/h5,7,9,11-12,15,17H,4,6,8,10H2,1-3H3. The maximum absolute atomic E-state index is 10.9. The second-order valence-electron chi connectivity index (χ2n) is 6.09. The molecule has 0 aromatic heterocycles. The molecule has 3 unspecified atom stereocenters. The average Bonchev–Trinajstić information content (AvgIpc) is 2.45. The predicted molar refractivity (Wildman–Crippen MR) is 82.5 cm³/mol. The number of hydrogen-bond donors (Lipinski definition) is 1. The molecule has 1 aromatic carbocycles. The Morgan fingerprint density at radius 2 is 2.10 bits per heavy atom. The smallest absolute Gasteiger partial charge is 0.270 e. The van der Waals surface area contributed by atoms with Gasteiger partial charge < -0.3 is 10.1 Å². The van der Waals surface area contributed by atoms with E-state index in [0.717, 1.165) is 30.1 Å². The lowest BCUT2D eigenvalue weighted by Crippen LogP contribution is -2.29. The topological polar surface area (TPSA) is 64.4 Å². The van der Waals surface area contributed by atoms with Crippen molar-refractivity contribution in [3.8, 4) is 5.75 Å². The van der Waals surface area contributed by atoms with Crippen molar-refractivity contribution in [3.05, 3.63) is 33.9 Å². The number of ether oxygens (including phenoxy) is 1. The molecule has 1 saturated carbocycles. The van der Waals surface area contributed by atoms with Gasteiger partial charge in [0.05, 0.1) is 11.0 Å². The first-order chi connectivity index (χ1) is 10.0. The normalized spacial score (nSPS) is 25.6. The number of rotatable bonds is 5. The van der Waals surface area contributed by atoms with Crippen molar-refractivity contribution in [1.82, 2.24) is 5.32 Å². The summed E-state index contributed by atoms with van der Waals surface area (Å²) >= 11 is 0. The molecule has 2 rings (SSSR count). The van der Waals surface area contributed by atoms with E-state index >= 15 is 0 Å². The third kappa shape index (κ3) is 3.94. The molecule has 1 aromatic rings. The van der Waals surface area contributed by atoms with Crippen LogP contribution < -0.4 is 10.1 Å². The van der Waals surface area contributed by atoms with Gasteiger partial charge in [-0.05, 0) is 44.2 Å². The zero-order valence-corrected chi connectivity index (χ0v) is 13.0. The number of nitro benzene ring substituents is 1. The number of nitro groups is 1. The summed E-state index contributed by atoms with van der Waals surface area (Å²) in [5.74, 6) is 2.18. The third-order valence-electron chi connectivity index (χ3n) is 4.47. The molecule has 0 amide bonds. The fourth-order valence-corrected chi connectivity index (χ4v) is 2.91. The monoisotopic (exact) mass is 292 g/mol. The van der Waals surface area contributed by atoms with E-state index in [1.165, 1.54) is 12.5 Å². The Balaban J connectivity index is 2.13. The molecule has 116 valence electrons. The summed E-state index contributed by atoms with van der Waals surface area (Å²) in [6.07, 6.45) is 3.51. The highest BCUT2D eigenvalue weighted by molar-refractivity contribution is 5.44. The summed E-state index contributed by atoms with van der Waals surface area (Å²) in [5.41, 5.74) is 0.955.